The number of aromatic nitrogens is 3. The Morgan fingerprint density at radius 3 is 2.55 bits per heavy atom. The molecule has 0 saturated heterocycles. The highest BCUT2D eigenvalue weighted by Crippen LogP contribution is 2.22. The van der Waals surface area contributed by atoms with Gasteiger partial charge < -0.3 is 4.57 Å². The Morgan fingerprint density at radius 2 is 1.90 bits per heavy atom. The summed E-state index contributed by atoms with van der Waals surface area (Å²) in [5.41, 5.74) is 2.95. The van der Waals surface area contributed by atoms with Gasteiger partial charge in [-0.15, -0.1) is 0 Å². The summed E-state index contributed by atoms with van der Waals surface area (Å²) in [4.78, 5) is 8.69. The highest BCUT2D eigenvalue weighted by molar-refractivity contribution is 6.30. The van der Waals surface area contributed by atoms with Crippen LogP contribution in [0.1, 0.15) is 11.4 Å². The standard InChI is InChI=1S/C16H14ClN3/c1-12-18-9-10-20(12)11-14-7-8-15(19-16(14)17)13-5-3-2-4-6-13/h2-10H,11H2,1H3. The Kier molecular flexibility index (Phi) is 3.52. The van der Waals surface area contributed by atoms with Crippen LogP contribution >= 0.6 is 11.6 Å². The maximum absolute atomic E-state index is 6.30. The number of pyridine rings is 1. The van der Waals surface area contributed by atoms with Crippen LogP contribution in [0.4, 0.5) is 0 Å². The summed E-state index contributed by atoms with van der Waals surface area (Å²) in [5.74, 6) is 0.966. The molecule has 1 aromatic carbocycles. The minimum Gasteiger partial charge on any atom is -0.331 e. The Bertz CT molecular complexity index is 720. The number of benzene rings is 1. The number of rotatable bonds is 3. The minimum atomic E-state index is 0.541. The molecule has 0 radical (unpaired) electrons. The van der Waals surface area contributed by atoms with Crippen LogP contribution in [0, 0.1) is 6.92 Å². The van der Waals surface area contributed by atoms with Gasteiger partial charge in [-0.2, -0.15) is 0 Å². The van der Waals surface area contributed by atoms with E-state index in [-0.39, 0.29) is 0 Å². The minimum absolute atomic E-state index is 0.541. The van der Waals surface area contributed by atoms with Gasteiger partial charge in [0.2, 0.25) is 0 Å². The zero-order valence-corrected chi connectivity index (χ0v) is 11.9. The van der Waals surface area contributed by atoms with Crippen molar-refractivity contribution in [2.75, 3.05) is 0 Å². The lowest BCUT2D eigenvalue weighted by Gasteiger charge is -2.08. The predicted molar refractivity (Wildman–Crippen MR) is 80.7 cm³/mol. The molecule has 2 heterocycles. The zero-order valence-electron chi connectivity index (χ0n) is 11.1. The Balaban J connectivity index is 1.90. The first-order valence-electron chi connectivity index (χ1n) is 6.42. The number of hydrogen-bond donors (Lipinski definition) is 0. The van der Waals surface area contributed by atoms with Crippen LogP contribution in [-0.4, -0.2) is 14.5 Å². The number of imidazole rings is 1. The molecule has 0 aliphatic carbocycles. The molecule has 0 atom stereocenters. The van der Waals surface area contributed by atoms with E-state index in [1.54, 1.807) is 6.20 Å². The van der Waals surface area contributed by atoms with Gasteiger partial charge in [0, 0.05) is 23.5 Å². The van der Waals surface area contributed by atoms with Gasteiger partial charge in [-0.3, -0.25) is 0 Å². The maximum Gasteiger partial charge on any atom is 0.134 e. The first-order chi connectivity index (χ1) is 9.74. The molecule has 0 bridgehead atoms. The molecule has 3 aromatic rings. The molecule has 0 saturated carbocycles. The molecule has 0 unspecified atom stereocenters. The normalized spacial score (nSPS) is 10.7. The largest absolute Gasteiger partial charge is 0.331 e. The number of halogens is 1. The fourth-order valence-corrected chi connectivity index (χ4v) is 2.32. The summed E-state index contributed by atoms with van der Waals surface area (Å²) in [7, 11) is 0. The van der Waals surface area contributed by atoms with Gasteiger partial charge in [0.05, 0.1) is 12.2 Å². The van der Waals surface area contributed by atoms with Crippen LogP contribution in [-0.2, 0) is 6.54 Å². The van der Waals surface area contributed by atoms with Crippen molar-refractivity contribution < 1.29 is 0 Å². The van der Waals surface area contributed by atoms with Crippen LogP contribution in [0.3, 0.4) is 0 Å². The average molecular weight is 284 g/mol. The molecule has 2 aromatic heterocycles. The molecule has 4 heteroatoms. The molecule has 20 heavy (non-hydrogen) atoms. The Morgan fingerprint density at radius 1 is 1.10 bits per heavy atom. The van der Waals surface area contributed by atoms with E-state index in [4.69, 9.17) is 11.6 Å². The quantitative estimate of drug-likeness (QED) is 0.681. The van der Waals surface area contributed by atoms with Gasteiger partial charge >= 0.3 is 0 Å². The van der Waals surface area contributed by atoms with E-state index < -0.39 is 0 Å². The van der Waals surface area contributed by atoms with E-state index in [1.807, 2.05) is 60.2 Å². The van der Waals surface area contributed by atoms with E-state index >= 15 is 0 Å². The predicted octanol–water partition coefficient (Wildman–Crippen LogP) is 3.96. The first-order valence-corrected chi connectivity index (χ1v) is 6.80. The molecule has 0 spiro atoms. The number of hydrogen-bond acceptors (Lipinski definition) is 2. The number of aryl methyl sites for hydroxylation is 1. The van der Waals surface area contributed by atoms with Crippen molar-refractivity contribution in [3.63, 3.8) is 0 Å². The molecule has 0 amide bonds. The van der Waals surface area contributed by atoms with Crippen LogP contribution < -0.4 is 0 Å². The molecule has 0 aliphatic heterocycles. The topological polar surface area (TPSA) is 30.7 Å². The van der Waals surface area contributed by atoms with Gasteiger partial charge in [-0.05, 0) is 13.0 Å². The van der Waals surface area contributed by atoms with Gasteiger partial charge in [-0.1, -0.05) is 48.0 Å². The highest BCUT2D eigenvalue weighted by Gasteiger charge is 2.07. The fourth-order valence-electron chi connectivity index (χ4n) is 2.11. The summed E-state index contributed by atoms with van der Waals surface area (Å²) >= 11 is 6.30. The summed E-state index contributed by atoms with van der Waals surface area (Å²) in [6.45, 7) is 2.66. The van der Waals surface area contributed by atoms with Crippen LogP contribution in [0.5, 0.6) is 0 Å². The zero-order chi connectivity index (χ0) is 13.9. The smallest absolute Gasteiger partial charge is 0.134 e. The molecule has 3 rings (SSSR count). The third kappa shape index (κ3) is 2.58. The molecular weight excluding hydrogens is 270 g/mol. The van der Waals surface area contributed by atoms with Gasteiger partial charge in [0.25, 0.3) is 0 Å². The summed E-state index contributed by atoms with van der Waals surface area (Å²) < 4.78 is 2.05. The van der Waals surface area contributed by atoms with Crippen LogP contribution in [0.15, 0.2) is 54.9 Å². The second-order valence-electron chi connectivity index (χ2n) is 4.61. The van der Waals surface area contributed by atoms with Crippen LogP contribution in [0.25, 0.3) is 11.3 Å². The van der Waals surface area contributed by atoms with E-state index in [0.29, 0.717) is 11.7 Å². The molecule has 3 nitrogen and oxygen atoms in total. The third-order valence-corrected chi connectivity index (χ3v) is 3.59. The Hall–Kier alpha value is -2.13. The van der Waals surface area contributed by atoms with Crippen molar-refractivity contribution in [2.24, 2.45) is 0 Å². The van der Waals surface area contributed by atoms with Crippen molar-refractivity contribution >= 4 is 11.6 Å². The first kappa shape index (κ1) is 12.9. The van der Waals surface area contributed by atoms with Crippen molar-refractivity contribution in [2.45, 2.75) is 13.5 Å². The van der Waals surface area contributed by atoms with Crippen molar-refractivity contribution in [3.8, 4) is 11.3 Å². The average Bonchev–Trinajstić information content (AvgIpc) is 2.87. The van der Waals surface area contributed by atoms with E-state index in [0.717, 1.165) is 22.6 Å². The van der Waals surface area contributed by atoms with Gasteiger partial charge in [0.1, 0.15) is 11.0 Å². The molecule has 0 fully saturated rings. The van der Waals surface area contributed by atoms with Gasteiger partial charge in [-0.25, -0.2) is 9.97 Å². The van der Waals surface area contributed by atoms with E-state index in [2.05, 4.69) is 9.97 Å². The molecular formula is C16H14ClN3. The lowest BCUT2D eigenvalue weighted by molar-refractivity contribution is 0.759. The number of nitrogens with zero attached hydrogens (tertiary/aromatic N) is 3. The van der Waals surface area contributed by atoms with E-state index in [9.17, 15) is 0 Å². The SMILES string of the molecule is Cc1nccn1Cc1ccc(-c2ccccc2)nc1Cl. The lowest BCUT2D eigenvalue weighted by Crippen LogP contribution is -2.02. The summed E-state index contributed by atoms with van der Waals surface area (Å²) in [6, 6.07) is 14.1. The van der Waals surface area contributed by atoms with Crippen molar-refractivity contribution in [1.29, 1.82) is 0 Å². The molecule has 0 aliphatic rings. The maximum atomic E-state index is 6.30. The monoisotopic (exact) mass is 283 g/mol. The summed E-state index contributed by atoms with van der Waals surface area (Å²) in [6.07, 6.45) is 3.73. The van der Waals surface area contributed by atoms with Crippen molar-refractivity contribution in [3.05, 3.63) is 71.4 Å². The third-order valence-electron chi connectivity index (χ3n) is 3.26. The van der Waals surface area contributed by atoms with Crippen LogP contribution in [0.2, 0.25) is 5.15 Å². The second-order valence-corrected chi connectivity index (χ2v) is 4.97. The molecule has 100 valence electrons. The lowest BCUT2D eigenvalue weighted by atomic mass is 10.1. The van der Waals surface area contributed by atoms with Gasteiger partial charge in [0.15, 0.2) is 0 Å². The second kappa shape index (κ2) is 5.47. The summed E-state index contributed by atoms with van der Waals surface area (Å²) in [5, 5.41) is 0.541. The van der Waals surface area contributed by atoms with E-state index in [1.165, 1.54) is 0 Å². The highest BCUT2D eigenvalue weighted by atomic mass is 35.5. The Labute approximate surface area is 122 Å². The van der Waals surface area contributed by atoms with Crippen molar-refractivity contribution in [1.82, 2.24) is 14.5 Å². The molecule has 0 N–H and O–H groups in total. The fraction of sp³-hybridized carbons (Fsp3) is 0.125.